The molecular weight excluding hydrogens is 278 g/mol. The number of likely N-dealkylation sites (N-methyl/N-ethyl adjacent to an activating group) is 1. The molecule has 1 aromatic rings. The maximum absolute atomic E-state index is 12.4. The van der Waals surface area contributed by atoms with Gasteiger partial charge in [0.05, 0.1) is 9.82 Å². The zero-order chi connectivity index (χ0) is 14.7. The molecule has 0 aliphatic carbocycles. The van der Waals surface area contributed by atoms with E-state index in [9.17, 15) is 14.9 Å². The molecule has 2 rings (SSSR count). The fourth-order valence-electron chi connectivity index (χ4n) is 2.16. The number of nitrogens with zero attached hydrogens (tertiary/aromatic N) is 3. The molecular formula is C13H17N3O3S. The smallest absolute Gasteiger partial charge is 0.283 e. The molecule has 1 aliphatic rings. The summed E-state index contributed by atoms with van der Waals surface area (Å²) in [6.45, 7) is 2.98. The number of nitro groups is 1. The largest absolute Gasteiger partial charge is 0.336 e. The van der Waals surface area contributed by atoms with Gasteiger partial charge in [-0.1, -0.05) is 0 Å². The zero-order valence-corrected chi connectivity index (χ0v) is 12.4. The first kappa shape index (κ1) is 14.8. The number of carbonyl (C=O) groups excluding carboxylic acids is 1. The third kappa shape index (κ3) is 3.10. The van der Waals surface area contributed by atoms with E-state index < -0.39 is 4.92 Å². The maximum atomic E-state index is 12.4. The van der Waals surface area contributed by atoms with Gasteiger partial charge < -0.3 is 9.80 Å². The molecule has 6 nitrogen and oxygen atoms in total. The minimum Gasteiger partial charge on any atom is -0.336 e. The average molecular weight is 295 g/mol. The number of amides is 1. The van der Waals surface area contributed by atoms with E-state index in [4.69, 9.17) is 0 Å². The molecule has 0 spiro atoms. The van der Waals surface area contributed by atoms with Crippen LogP contribution in [0.2, 0.25) is 0 Å². The van der Waals surface area contributed by atoms with Crippen molar-refractivity contribution in [2.45, 2.75) is 4.90 Å². The van der Waals surface area contributed by atoms with Crippen LogP contribution >= 0.6 is 11.8 Å². The minimum absolute atomic E-state index is 0.00234. The molecule has 1 aliphatic heterocycles. The summed E-state index contributed by atoms with van der Waals surface area (Å²) in [7, 11) is 2.01. The molecule has 0 aromatic heterocycles. The second kappa shape index (κ2) is 6.23. The first-order valence-electron chi connectivity index (χ1n) is 6.33. The van der Waals surface area contributed by atoms with E-state index in [1.54, 1.807) is 23.3 Å². The Bertz CT molecular complexity index is 528. The molecule has 0 atom stereocenters. The third-order valence-electron chi connectivity index (χ3n) is 3.41. The van der Waals surface area contributed by atoms with Gasteiger partial charge in [-0.15, -0.1) is 11.8 Å². The summed E-state index contributed by atoms with van der Waals surface area (Å²) in [6, 6.07) is 4.69. The summed E-state index contributed by atoms with van der Waals surface area (Å²) in [5.41, 5.74) is 0.386. The Hall–Kier alpha value is -1.60. The summed E-state index contributed by atoms with van der Waals surface area (Å²) in [5, 5.41) is 11.0. The molecule has 0 N–H and O–H groups in total. The van der Waals surface area contributed by atoms with E-state index in [1.165, 1.54) is 17.8 Å². The van der Waals surface area contributed by atoms with Gasteiger partial charge in [0.1, 0.15) is 0 Å². The zero-order valence-electron chi connectivity index (χ0n) is 11.5. The summed E-state index contributed by atoms with van der Waals surface area (Å²) < 4.78 is 0. The van der Waals surface area contributed by atoms with Gasteiger partial charge in [-0.2, -0.15) is 0 Å². The van der Waals surface area contributed by atoms with Crippen LogP contribution in [0.25, 0.3) is 0 Å². The highest BCUT2D eigenvalue weighted by Gasteiger charge is 2.23. The predicted octanol–water partition coefficient (Wildman–Crippen LogP) is 1.70. The predicted molar refractivity (Wildman–Crippen MR) is 78.3 cm³/mol. The third-order valence-corrected chi connectivity index (χ3v) is 4.20. The normalized spacial score (nSPS) is 16.2. The van der Waals surface area contributed by atoms with E-state index >= 15 is 0 Å². The Kier molecular flexibility index (Phi) is 4.61. The Morgan fingerprint density at radius 2 is 1.95 bits per heavy atom. The fraction of sp³-hybridized carbons (Fsp3) is 0.462. The van der Waals surface area contributed by atoms with Crippen LogP contribution in [0.15, 0.2) is 23.1 Å². The molecule has 1 saturated heterocycles. The highest BCUT2D eigenvalue weighted by atomic mass is 32.2. The lowest BCUT2D eigenvalue weighted by Gasteiger charge is -2.32. The van der Waals surface area contributed by atoms with Crippen LogP contribution in [0.1, 0.15) is 10.4 Å². The van der Waals surface area contributed by atoms with Gasteiger partial charge >= 0.3 is 0 Å². The van der Waals surface area contributed by atoms with E-state index in [-0.39, 0.29) is 11.6 Å². The molecule has 7 heteroatoms. The average Bonchev–Trinajstić information content (AvgIpc) is 2.46. The number of nitro benzene ring substituents is 1. The van der Waals surface area contributed by atoms with Crippen LogP contribution in [0.4, 0.5) is 5.69 Å². The van der Waals surface area contributed by atoms with Gasteiger partial charge in [-0.3, -0.25) is 14.9 Å². The second-order valence-electron chi connectivity index (χ2n) is 4.74. The molecule has 108 valence electrons. The molecule has 1 amide bonds. The van der Waals surface area contributed by atoms with Gasteiger partial charge in [0.15, 0.2) is 0 Å². The maximum Gasteiger partial charge on any atom is 0.283 e. The van der Waals surface area contributed by atoms with Crippen LogP contribution in [0.5, 0.6) is 0 Å². The molecule has 20 heavy (non-hydrogen) atoms. The molecule has 0 radical (unpaired) electrons. The number of thioether (sulfide) groups is 1. The topological polar surface area (TPSA) is 66.7 Å². The van der Waals surface area contributed by atoms with Crippen molar-refractivity contribution in [1.29, 1.82) is 0 Å². The molecule has 1 fully saturated rings. The van der Waals surface area contributed by atoms with Crippen molar-refractivity contribution in [3.05, 3.63) is 33.9 Å². The van der Waals surface area contributed by atoms with Crippen LogP contribution in [0.3, 0.4) is 0 Å². The van der Waals surface area contributed by atoms with E-state index in [0.717, 1.165) is 13.1 Å². The van der Waals surface area contributed by atoms with Crippen LogP contribution < -0.4 is 0 Å². The highest BCUT2D eigenvalue weighted by molar-refractivity contribution is 7.98. The summed E-state index contributed by atoms with van der Waals surface area (Å²) >= 11 is 1.31. The Morgan fingerprint density at radius 3 is 2.50 bits per heavy atom. The van der Waals surface area contributed by atoms with Crippen LogP contribution in [-0.4, -0.2) is 60.1 Å². The van der Waals surface area contributed by atoms with Gasteiger partial charge in [0.25, 0.3) is 11.6 Å². The highest BCUT2D eigenvalue weighted by Crippen LogP contribution is 2.28. The van der Waals surface area contributed by atoms with Crippen molar-refractivity contribution in [2.75, 3.05) is 39.5 Å². The molecule has 0 bridgehead atoms. The lowest BCUT2D eigenvalue weighted by Crippen LogP contribution is -2.47. The Morgan fingerprint density at radius 1 is 1.30 bits per heavy atom. The quantitative estimate of drug-likeness (QED) is 0.482. The van der Waals surface area contributed by atoms with Crippen molar-refractivity contribution in [3.8, 4) is 0 Å². The van der Waals surface area contributed by atoms with Crippen molar-refractivity contribution in [3.63, 3.8) is 0 Å². The van der Waals surface area contributed by atoms with Crippen molar-refractivity contribution < 1.29 is 9.72 Å². The molecule has 1 aromatic carbocycles. The van der Waals surface area contributed by atoms with Crippen molar-refractivity contribution >= 4 is 23.4 Å². The van der Waals surface area contributed by atoms with E-state index in [1.807, 2.05) is 7.05 Å². The van der Waals surface area contributed by atoms with Crippen LogP contribution in [-0.2, 0) is 0 Å². The van der Waals surface area contributed by atoms with Gasteiger partial charge in [-0.25, -0.2) is 0 Å². The SMILES string of the molecule is CSc1ccc(C(=O)N2CCN(C)CC2)cc1[N+](=O)[O-]. The number of benzene rings is 1. The van der Waals surface area contributed by atoms with Crippen molar-refractivity contribution in [1.82, 2.24) is 9.80 Å². The number of hydrogen-bond acceptors (Lipinski definition) is 5. The standard InChI is InChI=1S/C13H17N3O3S/c1-14-5-7-15(8-6-14)13(17)10-3-4-12(20-2)11(9-10)16(18)19/h3-4,9H,5-8H2,1-2H3. The number of rotatable bonds is 3. The fourth-order valence-corrected chi connectivity index (χ4v) is 2.70. The Balaban J connectivity index is 2.22. The number of carbonyl (C=O) groups is 1. The van der Waals surface area contributed by atoms with Gasteiger partial charge in [0.2, 0.25) is 0 Å². The van der Waals surface area contributed by atoms with Gasteiger partial charge in [-0.05, 0) is 25.4 Å². The summed E-state index contributed by atoms with van der Waals surface area (Å²) in [6.07, 6.45) is 1.78. The second-order valence-corrected chi connectivity index (χ2v) is 5.59. The monoisotopic (exact) mass is 295 g/mol. The molecule has 1 heterocycles. The number of piperazine rings is 1. The summed E-state index contributed by atoms with van der Waals surface area (Å²) in [5.74, 6) is -0.131. The lowest BCUT2D eigenvalue weighted by molar-refractivity contribution is -0.387. The van der Waals surface area contributed by atoms with E-state index in [0.29, 0.717) is 23.5 Å². The minimum atomic E-state index is -0.438. The first-order valence-corrected chi connectivity index (χ1v) is 7.55. The van der Waals surface area contributed by atoms with Gasteiger partial charge in [0, 0.05) is 37.8 Å². The van der Waals surface area contributed by atoms with E-state index in [2.05, 4.69) is 4.90 Å². The van der Waals surface area contributed by atoms with Crippen LogP contribution in [0, 0.1) is 10.1 Å². The first-order chi connectivity index (χ1) is 9.52. The molecule has 0 unspecified atom stereocenters. The summed E-state index contributed by atoms with van der Waals surface area (Å²) in [4.78, 5) is 27.4. The Labute approximate surface area is 121 Å². The molecule has 0 saturated carbocycles. The number of hydrogen-bond donors (Lipinski definition) is 0. The lowest BCUT2D eigenvalue weighted by atomic mass is 10.1. The van der Waals surface area contributed by atoms with Crippen molar-refractivity contribution in [2.24, 2.45) is 0 Å².